The lowest BCUT2D eigenvalue weighted by molar-refractivity contribution is -0.178. The first-order valence-corrected chi connectivity index (χ1v) is 14.4. The molecule has 4 fully saturated rings. The van der Waals surface area contributed by atoms with E-state index in [1.807, 2.05) is 0 Å². The fourth-order valence-corrected chi connectivity index (χ4v) is 10.3. The number of Topliss-reactive ketones (excluding diaryl/α,β-unsaturated/α-hetero) is 1. The summed E-state index contributed by atoms with van der Waals surface area (Å²) in [5.41, 5.74) is -0.989. The maximum Gasteiger partial charge on any atom is 0.224 e. The zero-order valence-corrected chi connectivity index (χ0v) is 22.2. The number of aliphatic hydroxyl groups is 2. The number of β-amino-alcohol motifs (C(OH)–C–C–N with tert-alkyl or cyclic N) is 1. The van der Waals surface area contributed by atoms with Gasteiger partial charge in [0.15, 0.2) is 5.76 Å². The summed E-state index contributed by atoms with van der Waals surface area (Å²) in [4.78, 5) is 16.6. The van der Waals surface area contributed by atoms with E-state index < -0.39 is 11.0 Å². The standard InChI is InChI=1S/C31H41NO5/c1-27-8-5-21(33)18-29(27)11-12-31(22(19-29)26(34)23-4-3-15-37-23)24(27)6-9-28(2)25(31)7-10-30(28,35)20-32-13-16-36-17-14-32/h3-4,11-12,15,19,21,24-25,33,35H,5-10,13-14,16-18,20H2,1-2H3. The average molecular weight is 508 g/mol. The second-order valence-corrected chi connectivity index (χ2v) is 13.5. The van der Waals surface area contributed by atoms with Crippen LogP contribution in [0.15, 0.2) is 46.6 Å². The van der Waals surface area contributed by atoms with E-state index in [-0.39, 0.29) is 34.1 Å². The number of carbonyl (C=O) groups excluding carboxylic acids is 1. The maximum absolute atomic E-state index is 14.2. The molecule has 1 aromatic heterocycles. The predicted octanol–water partition coefficient (Wildman–Crippen LogP) is 4.39. The molecule has 200 valence electrons. The van der Waals surface area contributed by atoms with Gasteiger partial charge in [-0.15, -0.1) is 0 Å². The molecule has 1 saturated heterocycles. The number of morpholine rings is 1. The third-order valence-corrected chi connectivity index (χ3v) is 12.3. The van der Waals surface area contributed by atoms with Gasteiger partial charge in [0.1, 0.15) is 0 Å². The van der Waals surface area contributed by atoms with Crippen LogP contribution >= 0.6 is 0 Å². The van der Waals surface area contributed by atoms with Crippen molar-refractivity contribution in [2.45, 2.75) is 70.5 Å². The lowest BCUT2D eigenvalue weighted by Gasteiger charge is -2.71. The molecule has 1 aromatic rings. The summed E-state index contributed by atoms with van der Waals surface area (Å²) in [5, 5.41) is 23.2. The second-order valence-electron chi connectivity index (χ2n) is 13.5. The monoisotopic (exact) mass is 507 g/mol. The number of carbonyl (C=O) groups is 1. The summed E-state index contributed by atoms with van der Waals surface area (Å²) < 4.78 is 11.2. The number of aliphatic hydroxyl groups excluding tert-OH is 1. The predicted molar refractivity (Wildman–Crippen MR) is 139 cm³/mol. The van der Waals surface area contributed by atoms with Crippen molar-refractivity contribution in [2.24, 2.45) is 33.5 Å². The molecule has 8 atom stereocenters. The molecule has 0 amide bonds. The van der Waals surface area contributed by atoms with Crippen LogP contribution in [-0.2, 0) is 4.74 Å². The van der Waals surface area contributed by atoms with Gasteiger partial charge in [-0.25, -0.2) is 0 Å². The fraction of sp³-hybridized carbons (Fsp3) is 0.710. The van der Waals surface area contributed by atoms with Crippen molar-refractivity contribution in [1.82, 2.24) is 4.90 Å². The Hall–Kier alpha value is -1.73. The lowest BCUT2D eigenvalue weighted by Crippen LogP contribution is -2.67. The largest absolute Gasteiger partial charge is 0.461 e. The first kappa shape index (κ1) is 24.3. The fourth-order valence-electron chi connectivity index (χ4n) is 10.3. The normalized spacial score (nSPS) is 48.8. The van der Waals surface area contributed by atoms with E-state index in [0.717, 1.165) is 70.4 Å². The molecular weight excluding hydrogens is 466 g/mol. The van der Waals surface area contributed by atoms with Crippen LogP contribution in [0.3, 0.4) is 0 Å². The minimum absolute atomic E-state index is 0.0137. The molecule has 8 rings (SSSR count). The summed E-state index contributed by atoms with van der Waals surface area (Å²) in [5.74, 6) is 0.853. The zero-order valence-electron chi connectivity index (χ0n) is 22.2. The van der Waals surface area contributed by atoms with Crippen LogP contribution < -0.4 is 0 Å². The van der Waals surface area contributed by atoms with Gasteiger partial charge in [0.2, 0.25) is 5.78 Å². The van der Waals surface area contributed by atoms with Gasteiger partial charge in [-0.05, 0) is 74.3 Å². The van der Waals surface area contributed by atoms with Crippen LogP contribution in [0.4, 0.5) is 0 Å². The number of furan rings is 1. The molecule has 2 bridgehead atoms. The quantitative estimate of drug-likeness (QED) is 0.465. The number of hydrogen-bond acceptors (Lipinski definition) is 6. The molecule has 2 spiro atoms. The highest BCUT2D eigenvalue weighted by atomic mass is 16.5. The molecule has 7 aliphatic rings. The molecule has 1 aliphatic heterocycles. The number of allylic oxidation sites excluding steroid dienone is 4. The van der Waals surface area contributed by atoms with Gasteiger partial charge in [-0.2, -0.15) is 0 Å². The minimum atomic E-state index is -0.795. The first-order valence-electron chi connectivity index (χ1n) is 14.4. The molecule has 0 radical (unpaired) electrons. The van der Waals surface area contributed by atoms with Crippen molar-refractivity contribution in [3.63, 3.8) is 0 Å². The average Bonchev–Trinajstić information content (AvgIpc) is 3.51. The maximum atomic E-state index is 14.2. The molecule has 3 saturated carbocycles. The van der Waals surface area contributed by atoms with E-state index >= 15 is 0 Å². The minimum Gasteiger partial charge on any atom is -0.461 e. The molecule has 6 nitrogen and oxygen atoms in total. The molecule has 0 aromatic carbocycles. The van der Waals surface area contributed by atoms with Gasteiger partial charge in [0.05, 0.1) is 31.2 Å². The first-order chi connectivity index (χ1) is 17.7. The number of fused-ring (bicyclic) bond motifs is 1. The van der Waals surface area contributed by atoms with Crippen LogP contribution in [0.5, 0.6) is 0 Å². The topological polar surface area (TPSA) is 83.1 Å². The Balaban J connectivity index is 1.36. The van der Waals surface area contributed by atoms with Crippen molar-refractivity contribution >= 4 is 5.78 Å². The summed E-state index contributed by atoms with van der Waals surface area (Å²) in [7, 11) is 0. The second kappa shape index (κ2) is 7.91. The number of hydrogen-bond donors (Lipinski definition) is 2. The van der Waals surface area contributed by atoms with E-state index in [4.69, 9.17) is 9.15 Å². The van der Waals surface area contributed by atoms with Gasteiger partial charge in [0.25, 0.3) is 0 Å². The number of ether oxygens (including phenoxy) is 1. The highest BCUT2D eigenvalue weighted by Gasteiger charge is 2.74. The number of rotatable bonds is 4. The molecule has 2 N–H and O–H groups in total. The smallest absolute Gasteiger partial charge is 0.224 e. The SMILES string of the molecule is CC12CCC(O)CC13C=CC1(C(C(=O)c4ccco4)=C3)C2CCC2(C)C1CCC2(O)CN1CCOCC1. The van der Waals surface area contributed by atoms with Gasteiger partial charge >= 0.3 is 0 Å². The highest BCUT2D eigenvalue weighted by molar-refractivity contribution is 6.08. The van der Waals surface area contributed by atoms with Crippen LogP contribution in [0.25, 0.3) is 0 Å². The highest BCUT2D eigenvalue weighted by Crippen LogP contribution is 2.78. The van der Waals surface area contributed by atoms with E-state index in [2.05, 4.69) is 37.0 Å². The van der Waals surface area contributed by atoms with Crippen molar-refractivity contribution in [3.8, 4) is 0 Å². The van der Waals surface area contributed by atoms with Crippen molar-refractivity contribution in [3.05, 3.63) is 48.0 Å². The van der Waals surface area contributed by atoms with Crippen molar-refractivity contribution in [1.29, 1.82) is 0 Å². The van der Waals surface area contributed by atoms with Crippen LogP contribution in [0.1, 0.15) is 69.3 Å². The van der Waals surface area contributed by atoms with E-state index in [0.29, 0.717) is 24.6 Å². The van der Waals surface area contributed by atoms with Crippen LogP contribution in [0, 0.1) is 33.5 Å². The third-order valence-electron chi connectivity index (χ3n) is 12.3. The lowest BCUT2D eigenvalue weighted by atomic mass is 9.32. The van der Waals surface area contributed by atoms with Gasteiger partial charge in [-0.1, -0.05) is 32.1 Å². The summed E-state index contributed by atoms with van der Waals surface area (Å²) in [6, 6.07) is 3.56. The van der Waals surface area contributed by atoms with E-state index in [1.165, 1.54) is 0 Å². The zero-order chi connectivity index (χ0) is 25.7. The number of nitrogens with zero attached hydrogens (tertiary/aromatic N) is 1. The summed E-state index contributed by atoms with van der Waals surface area (Å²) in [6.07, 6.45) is 14.3. The Morgan fingerprint density at radius 1 is 1.05 bits per heavy atom. The van der Waals surface area contributed by atoms with E-state index in [9.17, 15) is 15.0 Å². The van der Waals surface area contributed by atoms with Crippen LogP contribution in [0.2, 0.25) is 0 Å². The Kier molecular flexibility index (Phi) is 5.20. The summed E-state index contributed by atoms with van der Waals surface area (Å²) >= 11 is 0. The van der Waals surface area contributed by atoms with Crippen LogP contribution in [-0.4, -0.2) is 65.4 Å². The Morgan fingerprint density at radius 2 is 1.78 bits per heavy atom. The third kappa shape index (κ3) is 2.99. The van der Waals surface area contributed by atoms with E-state index in [1.54, 1.807) is 18.4 Å². The Labute approximate surface area is 219 Å². The Morgan fingerprint density at radius 3 is 2.54 bits per heavy atom. The molecule has 37 heavy (non-hydrogen) atoms. The Bertz CT molecular complexity index is 1150. The molecule has 6 aliphatic carbocycles. The molecule has 2 heterocycles. The molecular formula is C31H41NO5. The van der Waals surface area contributed by atoms with Crippen molar-refractivity contribution in [2.75, 3.05) is 32.8 Å². The molecule has 6 heteroatoms. The number of ketones is 1. The molecule has 8 unspecified atom stereocenters. The summed E-state index contributed by atoms with van der Waals surface area (Å²) in [6.45, 7) is 8.58. The van der Waals surface area contributed by atoms with Gasteiger partial charge in [0, 0.05) is 41.5 Å². The van der Waals surface area contributed by atoms with Gasteiger partial charge in [-0.3, -0.25) is 9.69 Å². The van der Waals surface area contributed by atoms with Gasteiger partial charge < -0.3 is 19.4 Å². The van der Waals surface area contributed by atoms with Crippen molar-refractivity contribution < 1.29 is 24.2 Å².